The van der Waals surface area contributed by atoms with Gasteiger partial charge < -0.3 is 10.4 Å². The van der Waals surface area contributed by atoms with Gasteiger partial charge in [-0.15, -0.1) is 11.3 Å². The molecule has 1 atom stereocenters. The average molecular weight is 251 g/mol. The van der Waals surface area contributed by atoms with E-state index in [0.717, 1.165) is 4.88 Å². The lowest BCUT2D eigenvalue weighted by molar-refractivity contribution is 0.192. The Kier molecular flexibility index (Phi) is 3.39. The lowest BCUT2D eigenvalue weighted by Crippen LogP contribution is -2.27. The lowest BCUT2D eigenvalue weighted by atomic mass is 10.1. The van der Waals surface area contributed by atoms with E-state index in [2.05, 4.69) is 5.32 Å². The number of thiophene rings is 1. The fraction of sp³-hybridized carbons (Fsp3) is 0.0833. The molecule has 3 nitrogen and oxygen atoms in total. The Morgan fingerprint density at radius 1 is 1.35 bits per heavy atom. The molecule has 0 aliphatic heterocycles. The van der Waals surface area contributed by atoms with Crippen molar-refractivity contribution in [2.24, 2.45) is 0 Å². The first-order valence-electron chi connectivity index (χ1n) is 4.95. The van der Waals surface area contributed by atoms with Gasteiger partial charge in [-0.25, -0.2) is 9.18 Å². The highest BCUT2D eigenvalue weighted by atomic mass is 32.1. The second kappa shape index (κ2) is 4.97. The highest BCUT2D eigenvalue weighted by Gasteiger charge is 2.17. The van der Waals surface area contributed by atoms with E-state index in [1.54, 1.807) is 12.1 Å². The zero-order valence-corrected chi connectivity index (χ0v) is 9.58. The van der Waals surface area contributed by atoms with Crippen LogP contribution < -0.4 is 5.32 Å². The van der Waals surface area contributed by atoms with Crippen LogP contribution in [0.4, 0.5) is 9.18 Å². The van der Waals surface area contributed by atoms with Gasteiger partial charge in [0, 0.05) is 4.88 Å². The van der Waals surface area contributed by atoms with Crippen LogP contribution in [0.5, 0.6) is 0 Å². The van der Waals surface area contributed by atoms with Crippen molar-refractivity contribution in [2.75, 3.05) is 0 Å². The molecule has 0 aliphatic rings. The van der Waals surface area contributed by atoms with E-state index in [4.69, 9.17) is 5.11 Å². The number of halogens is 1. The number of carbonyl (C=O) groups is 1. The van der Waals surface area contributed by atoms with Crippen molar-refractivity contribution in [3.63, 3.8) is 0 Å². The van der Waals surface area contributed by atoms with Gasteiger partial charge in [-0.05, 0) is 29.1 Å². The fourth-order valence-corrected chi connectivity index (χ4v) is 2.39. The summed E-state index contributed by atoms with van der Waals surface area (Å²) in [5.74, 6) is -0.378. The zero-order valence-electron chi connectivity index (χ0n) is 8.76. The maximum Gasteiger partial charge on any atom is 0.405 e. The third kappa shape index (κ3) is 2.82. The molecule has 0 aliphatic carbocycles. The maximum absolute atomic E-state index is 13.1. The van der Waals surface area contributed by atoms with Crippen LogP contribution in [0.15, 0.2) is 41.8 Å². The van der Waals surface area contributed by atoms with E-state index in [9.17, 15) is 9.18 Å². The largest absolute Gasteiger partial charge is 0.465 e. The van der Waals surface area contributed by atoms with Crippen LogP contribution in [-0.4, -0.2) is 11.2 Å². The predicted molar refractivity (Wildman–Crippen MR) is 63.7 cm³/mol. The Hall–Kier alpha value is -1.88. The van der Waals surface area contributed by atoms with E-state index in [0.29, 0.717) is 5.56 Å². The van der Waals surface area contributed by atoms with E-state index in [1.807, 2.05) is 17.5 Å². The molecule has 1 heterocycles. The van der Waals surface area contributed by atoms with Crippen LogP contribution in [0.1, 0.15) is 16.5 Å². The molecule has 0 saturated carbocycles. The summed E-state index contributed by atoms with van der Waals surface area (Å²) in [4.78, 5) is 11.6. The smallest absolute Gasteiger partial charge is 0.405 e. The summed E-state index contributed by atoms with van der Waals surface area (Å²) >= 11 is 1.43. The quantitative estimate of drug-likeness (QED) is 0.879. The van der Waals surface area contributed by atoms with Gasteiger partial charge in [0.05, 0.1) is 6.04 Å². The molecule has 1 aromatic carbocycles. The van der Waals surface area contributed by atoms with Crippen LogP contribution >= 0.6 is 11.3 Å². The van der Waals surface area contributed by atoms with Crippen LogP contribution in [0.25, 0.3) is 0 Å². The minimum atomic E-state index is -1.13. The van der Waals surface area contributed by atoms with Gasteiger partial charge in [0.1, 0.15) is 5.82 Å². The van der Waals surface area contributed by atoms with Crippen molar-refractivity contribution in [1.82, 2.24) is 5.32 Å². The molecule has 1 amide bonds. The van der Waals surface area contributed by atoms with Crippen molar-refractivity contribution in [3.8, 4) is 0 Å². The summed E-state index contributed by atoms with van der Waals surface area (Å²) in [6.07, 6.45) is -1.13. The van der Waals surface area contributed by atoms with Gasteiger partial charge in [0.25, 0.3) is 0 Å². The summed E-state index contributed by atoms with van der Waals surface area (Å²) in [6, 6.07) is 9.04. The molecule has 1 aromatic heterocycles. The van der Waals surface area contributed by atoms with Crippen LogP contribution in [-0.2, 0) is 0 Å². The van der Waals surface area contributed by atoms with Crippen molar-refractivity contribution in [3.05, 3.63) is 58.0 Å². The molecule has 2 N–H and O–H groups in total. The molecule has 2 rings (SSSR count). The number of rotatable bonds is 3. The van der Waals surface area contributed by atoms with E-state index in [1.165, 1.54) is 23.5 Å². The van der Waals surface area contributed by atoms with Gasteiger partial charge in [0.2, 0.25) is 0 Å². The molecule has 0 radical (unpaired) electrons. The Bertz CT molecular complexity index is 513. The second-order valence-corrected chi connectivity index (χ2v) is 4.43. The first-order valence-corrected chi connectivity index (χ1v) is 5.83. The summed E-state index contributed by atoms with van der Waals surface area (Å²) in [5, 5.41) is 13.1. The Balaban J connectivity index is 2.36. The third-order valence-electron chi connectivity index (χ3n) is 2.28. The maximum atomic E-state index is 13.1. The Morgan fingerprint density at radius 2 is 2.18 bits per heavy atom. The normalized spacial score (nSPS) is 12.1. The molecule has 5 heteroatoms. The van der Waals surface area contributed by atoms with E-state index < -0.39 is 12.1 Å². The minimum Gasteiger partial charge on any atom is -0.465 e. The standard InChI is InChI=1S/C12H10FNO2S/c13-9-4-1-3-8(7-9)11(14-12(15)16)10-5-2-6-17-10/h1-7,11,14H,(H,15,16). The number of benzene rings is 1. The molecule has 0 bridgehead atoms. The van der Waals surface area contributed by atoms with Gasteiger partial charge >= 0.3 is 6.09 Å². The summed E-state index contributed by atoms with van der Waals surface area (Å²) in [6.45, 7) is 0. The molecule has 0 fully saturated rings. The summed E-state index contributed by atoms with van der Waals surface area (Å²) in [5.41, 5.74) is 0.592. The first kappa shape index (κ1) is 11.6. The van der Waals surface area contributed by atoms with Crippen LogP contribution in [0, 0.1) is 5.82 Å². The van der Waals surface area contributed by atoms with Crippen molar-refractivity contribution >= 4 is 17.4 Å². The van der Waals surface area contributed by atoms with Gasteiger partial charge in [-0.3, -0.25) is 0 Å². The highest BCUT2D eigenvalue weighted by molar-refractivity contribution is 7.10. The molecule has 0 spiro atoms. The van der Waals surface area contributed by atoms with Gasteiger partial charge in [-0.1, -0.05) is 18.2 Å². The summed E-state index contributed by atoms with van der Waals surface area (Å²) < 4.78 is 13.1. The van der Waals surface area contributed by atoms with E-state index in [-0.39, 0.29) is 5.82 Å². The monoisotopic (exact) mass is 251 g/mol. The molecule has 0 saturated heterocycles. The van der Waals surface area contributed by atoms with Crippen molar-refractivity contribution < 1.29 is 14.3 Å². The van der Waals surface area contributed by atoms with Crippen LogP contribution in [0.3, 0.4) is 0 Å². The molecular formula is C12H10FNO2S. The highest BCUT2D eigenvalue weighted by Crippen LogP contribution is 2.26. The van der Waals surface area contributed by atoms with Crippen LogP contribution in [0.2, 0.25) is 0 Å². The Morgan fingerprint density at radius 3 is 2.76 bits per heavy atom. The van der Waals surface area contributed by atoms with Gasteiger partial charge in [0.15, 0.2) is 0 Å². The molecule has 17 heavy (non-hydrogen) atoms. The topological polar surface area (TPSA) is 49.3 Å². The number of carboxylic acid groups (broad SMARTS) is 1. The van der Waals surface area contributed by atoms with Crippen molar-refractivity contribution in [2.45, 2.75) is 6.04 Å². The number of hydrogen-bond donors (Lipinski definition) is 2. The molecule has 88 valence electrons. The van der Waals surface area contributed by atoms with E-state index >= 15 is 0 Å². The number of hydrogen-bond acceptors (Lipinski definition) is 2. The number of nitrogens with one attached hydrogen (secondary N) is 1. The first-order chi connectivity index (χ1) is 8.16. The van der Waals surface area contributed by atoms with Crippen molar-refractivity contribution in [1.29, 1.82) is 0 Å². The predicted octanol–water partition coefficient (Wildman–Crippen LogP) is 3.24. The average Bonchev–Trinajstić information content (AvgIpc) is 2.79. The Labute approximate surface area is 102 Å². The SMILES string of the molecule is O=C(O)NC(c1cccc(F)c1)c1cccs1. The molecular weight excluding hydrogens is 241 g/mol. The zero-order chi connectivity index (χ0) is 12.3. The summed E-state index contributed by atoms with van der Waals surface area (Å²) in [7, 11) is 0. The molecule has 2 aromatic rings. The van der Waals surface area contributed by atoms with Gasteiger partial charge in [-0.2, -0.15) is 0 Å². The fourth-order valence-electron chi connectivity index (χ4n) is 1.58. The number of amides is 1. The third-order valence-corrected chi connectivity index (χ3v) is 3.21. The second-order valence-electron chi connectivity index (χ2n) is 3.45. The minimum absolute atomic E-state index is 0.378. The molecule has 1 unspecified atom stereocenters. The lowest BCUT2D eigenvalue weighted by Gasteiger charge is -2.15.